The van der Waals surface area contributed by atoms with Crippen molar-refractivity contribution in [2.75, 3.05) is 18.0 Å². The van der Waals surface area contributed by atoms with Crippen molar-refractivity contribution in [1.82, 2.24) is 15.1 Å². The normalized spacial score (nSPS) is 20.1. The van der Waals surface area contributed by atoms with Crippen molar-refractivity contribution in [3.63, 3.8) is 0 Å². The van der Waals surface area contributed by atoms with Crippen LogP contribution in [0.3, 0.4) is 0 Å². The van der Waals surface area contributed by atoms with Gasteiger partial charge >= 0.3 is 0 Å². The van der Waals surface area contributed by atoms with Gasteiger partial charge in [-0.3, -0.25) is 9.48 Å². The molecule has 1 amide bonds. The van der Waals surface area contributed by atoms with Gasteiger partial charge in [0.05, 0.1) is 17.9 Å². The van der Waals surface area contributed by atoms with Gasteiger partial charge in [-0.15, -0.1) is 0 Å². The Morgan fingerprint density at radius 1 is 1.15 bits per heavy atom. The van der Waals surface area contributed by atoms with Crippen molar-refractivity contribution < 1.29 is 18.3 Å². The molecule has 3 aliphatic rings. The van der Waals surface area contributed by atoms with Crippen molar-refractivity contribution in [1.29, 1.82) is 0 Å². The van der Waals surface area contributed by atoms with Crippen LogP contribution in [-0.4, -0.2) is 34.8 Å². The average molecular weight is 465 g/mol. The minimum Gasteiger partial charge on any atom is -0.453 e. The molecule has 8 heteroatoms. The number of halogens is 2. The van der Waals surface area contributed by atoms with Gasteiger partial charge in [0.1, 0.15) is 5.75 Å². The molecule has 2 aliphatic heterocycles. The first-order valence-electron chi connectivity index (χ1n) is 11.9. The second kappa shape index (κ2) is 8.20. The van der Waals surface area contributed by atoms with Crippen molar-refractivity contribution in [2.24, 2.45) is 5.92 Å². The number of amides is 1. The molecule has 1 saturated carbocycles. The Hall–Kier alpha value is -3.26. The van der Waals surface area contributed by atoms with Gasteiger partial charge in [0.25, 0.3) is 0 Å². The zero-order valence-electron chi connectivity index (χ0n) is 18.9. The second-order valence-electron chi connectivity index (χ2n) is 9.49. The monoisotopic (exact) mass is 464 g/mol. The van der Waals surface area contributed by atoms with Crippen LogP contribution in [0.25, 0.3) is 11.1 Å². The fourth-order valence-electron chi connectivity index (χ4n) is 4.82. The number of rotatable bonds is 5. The lowest BCUT2D eigenvalue weighted by Crippen LogP contribution is -2.43. The topological polar surface area (TPSA) is 59.4 Å². The van der Waals surface area contributed by atoms with Crippen molar-refractivity contribution in [3.05, 3.63) is 59.9 Å². The standard InChI is InChI=1S/C26H26F2N4O2/c1-15-5-8-20-22(32(15)26(33)16-6-7-16)10-9-19(17-11-30-31(14-17)18-12-29-13-18)25(20)34-23-4-2-3-21(27)24(23)28/h2-4,9-11,14-16,18,29H,5-8,12-13H2,1H3. The predicted molar refractivity (Wildman–Crippen MR) is 124 cm³/mol. The lowest BCUT2D eigenvalue weighted by Gasteiger charge is -2.36. The van der Waals surface area contributed by atoms with E-state index in [0.29, 0.717) is 18.2 Å². The minimum absolute atomic E-state index is 0.0686. The van der Waals surface area contributed by atoms with E-state index >= 15 is 0 Å². The number of hydrogen-bond acceptors (Lipinski definition) is 4. The van der Waals surface area contributed by atoms with E-state index in [9.17, 15) is 13.6 Å². The van der Waals surface area contributed by atoms with E-state index in [4.69, 9.17) is 4.74 Å². The van der Waals surface area contributed by atoms with E-state index in [1.165, 1.54) is 12.1 Å². The molecule has 176 valence electrons. The molecule has 0 spiro atoms. The first kappa shape index (κ1) is 21.3. The molecule has 1 unspecified atom stereocenters. The first-order chi connectivity index (χ1) is 16.5. The maximum atomic E-state index is 14.6. The van der Waals surface area contributed by atoms with Crippen molar-refractivity contribution in [3.8, 4) is 22.6 Å². The van der Waals surface area contributed by atoms with Crippen LogP contribution in [-0.2, 0) is 11.2 Å². The molecule has 6 rings (SSSR count). The van der Waals surface area contributed by atoms with E-state index in [-0.39, 0.29) is 23.6 Å². The number of hydrogen-bond donors (Lipinski definition) is 1. The van der Waals surface area contributed by atoms with Gasteiger partial charge < -0.3 is 15.0 Å². The van der Waals surface area contributed by atoms with Crippen LogP contribution >= 0.6 is 0 Å². The molecule has 2 fully saturated rings. The Bertz CT molecular complexity index is 1270. The Kier molecular flexibility index (Phi) is 5.13. The molecular weight excluding hydrogens is 438 g/mol. The first-order valence-corrected chi connectivity index (χ1v) is 11.9. The lowest BCUT2D eigenvalue weighted by atomic mass is 9.92. The second-order valence-corrected chi connectivity index (χ2v) is 9.49. The Morgan fingerprint density at radius 2 is 1.97 bits per heavy atom. The van der Waals surface area contributed by atoms with Crippen LogP contribution in [0.5, 0.6) is 11.5 Å². The van der Waals surface area contributed by atoms with E-state index in [1.54, 1.807) is 6.20 Å². The molecule has 1 aliphatic carbocycles. The molecule has 2 aromatic carbocycles. The third-order valence-electron chi connectivity index (χ3n) is 7.09. The summed E-state index contributed by atoms with van der Waals surface area (Å²) in [5.41, 5.74) is 3.21. The summed E-state index contributed by atoms with van der Waals surface area (Å²) in [6.45, 7) is 3.78. The number of fused-ring (bicyclic) bond motifs is 1. The number of nitrogens with zero attached hydrogens (tertiary/aromatic N) is 3. The minimum atomic E-state index is -1.03. The largest absolute Gasteiger partial charge is 0.453 e. The molecule has 0 bridgehead atoms. The fraction of sp³-hybridized carbons (Fsp3) is 0.385. The number of carbonyl (C=O) groups excluding carboxylic acids is 1. The number of anilines is 1. The fourth-order valence-corrected chi connectivity index (χ4v) is 4.82. The summed E-state index contributed by atoms with van der Waals surface area (Å²) >= 11 is 0. The number of ether oxygens (including phenoxy) is 1. The van der Waals surface area contributed by atoms with E-state index < -0.39 is 11.6 Å². The molecule has 1 aromatic heterocycles. The molecule has 3 heterocycles. The number of carbonyl (C=O) groups is 1. The van der Waals surface area contributed by atoms with E-state index in [0.717, 1.165) is 60.8 Å². The Labute approximate surface area is 196 Å². The zero-order chi connectivity index (χ0) is 23.4. The summed E-state index contributed by atoms with van der Waals surface area (Å²) in [5.74, 6) is -1.51. The molecule has 1 N–H and O–H groups in total. The Morgan fingerprint density at radius 3 is 2.71 bits per heavy atom. The third kappa shape index (κ3) is 3.57. The highest BCUT2D eigenvalue weighted by Crippen LogP contribution is 2.46. The van der Waals surface area contributed by atoms with Gasteiger partial charge in [-0.2, -0.15) is 9.49 Å². The van der Waals surface area contributed by atoms with Gasteiger partial charge in [0.15, 0.2) is 11.6 Å². The maximum Gasteiger partial charge on any atom is 0.230 e. The van der Waals surface area contributed by atoms with Crippen LogP contribution in [0.2, 0.25) is 0 Å². The van der Waals surface area contributed by atoms with Crippen LogP contribution in [0, 0.1) is 17.6 Å². The lowest BCUT2D eigenvalue weighted by molar-refractivity contribution is -0.120. The van der Waals surface area contributed by atoms with Gasteiger partial charge in [-0.1, -0.05) is 6.07 Å². The van der Waals surface area contributed by atoms with Gasteiger partial charge in [-0.25, -0.2) is 4.39 Å². The average Bonchev–Trinajstić information content (AvgIpc) is 3.54. The summed E-state index contributed by atoms with van der Waals surface area (Å²) in [5, 5.41) is 7.75. The van der Waals surface area contributed by atoms with E-state index in [1.807, 2.05) is 27.9 Å². The van der Waals surface area contributed by atoms with Crippen LogP contribution < -0.4 is 15.0 Å². The van der Waals surface area contributed by atoms with Crippen LogP contribution in [0.1, 0.15) is 37.8 Å². The summed E-state index contributed by atoms with van der Waals surface area (Å²) in [7, 11) is 0. The van der Waals surface area contributed by atoms with Crippen molar-refractivity contribution in [2.45, 2.75) is 44.7 Å². The summed E-state index contributed by atoms with van der Waals surface area (Å²) in [4.78, 5) is 15.0. The highest BCUT2D eigenvalue weighted by Gasteiger charge is 2.39. The molecule has 1 saturated heterocycles. The molecule has 34 heavy (non-hydrogen) atoms. The molecule has 6 nitrogen and oxygen atoms in total. The maximum absolute atomic E-state index is 14.6. The number of aromatic nitrogens is 2. The zero-order valence-corrected chi connectivity index (χ0v) is 18.9. The van der Waals surface area contributed by atoms with E-state index in [2.05, 4.69) is 17.3 Å². The molecular formula is C26H26F2N4O2. The smallest absolute Gasteiger partial charge is 0.230 e. The summed E-state index contributed by atoms with van der Waals surface area (Å²) in [6, 6.07) is 8.13. The summed E-state index contributed by atoms with van der Waals surface area (Å²) in [6.07, 6.45) is 7.01. The van der Waals surface area contributed by atoms with Gasteiger partial charge in [-0.05, 0) is 56.9 Å². The van der Waals surface area contributed by atoms with Crippen LogP contribution in [0.15, 0.2) is 42.7 Å². The molecule has 3 aromatic rings. The molecule has 1 atom stereocenters. The predicted octanol–water partition coefficient (Wildman–Crippen LogP) is 4.84. The SMILES string of the molecule is CC1CCc2c(ccc(-c3cnn(C4CNC4)c3)c2Oc2cccc(F)c2F)N1C(=O)C1CC1. The number of nitrogens with one attached hydrogen (secondary N) is 1. The summed E-state index contributed by atoms with van der Waals surface area (Å²) < 4.78 is 36.6. The highest BCUT2D eigenvalue weighted by atomic mass is 19.2. The van der Waals surface area contributed by atoms with Gasteiger partial charge in [0.2, 0.25) is 11.7 Å². The highest BCUT2D eigenvalue weighted by molar-refractivity contribution is 5.99. The van der Waals surface area contributed by atoms with Gasteiger partial charge in [0, 0.05) is 47.9 Å². The quantitative estimate of drug-likeness (QED) is 0.587. The third-order valence-corrected chi connectivity index (χ3v) is 7.09. The number of benzene rings is 2. The van der Waals surface area contributed by atoms with Crippen LogP contribution in [0.4, 0.5) is 14.5 Å². The Balaban J connectivity index is 1.48. The van der Waals surface area contributed by atoms with Crippen molar-refractivity contribution >= 4 is 11.6 Å². The molecule has 0 radical (unpaired) electrons.